The third kappa shape index (κ3) is 4.12. The number of hydrogen-bond acceptors (Lipinski definition) is 3. The zero-order chi connectivity index (χ0) is 14.4. The fraction of sp³-hybridized carbons (Fsp3) is 0.533. The molecule has 1 saturated heterocycles. The normalized spacial score (nSPS) is 18.9. The molecule has 1 fully saturated rings. The molecule has 1 aliphatic rings. The van der Waals surface area contributed by atoms with Crippen molar-refractivity contribution in [2.75, 3.05) is 26.2 Å². The number of halogens is 1. The number of nitrogens with one attached hydrogen (secondary N) is 1. The molecule has 2 rings (SSSR count). The molecular weight excluding hydrogens is 276 g/mol. The van der Waals surface area contributed by atoms with E-state index in [0.29, 0.717) is 30.2 Å². The Morgan fingerprint density at radius 3 is 3.05 bits per heavy atom. The van der Waals surface area contributed by atoms with Crippen molar-refractivity contribution < 1.29 is 9.53 Å². The number of amides is 1. The number of nitrogens with zero attached hydrogens (tertiary/aromatic N) is 1. The maximum atomic E-state index is 12.1. The lowest BCUT2D eigenvalue weighted by Gasteiger charge is -2.34. The molecule has 1 amide bonds. The van der Waals surface area contributed by atoms with E-state index >= 15 is 0 Å². The van der Waals surface area contributed by atoms with Gasteiger partial charge in [0.05, 0.1) is 11.6 Å². The van der Waals surface area contributed by atoms with E-state index in [0.717, 1.165) is 19.6 Å². The van der Waals surface area contributed by atoms with E-state index in [1.807, 2.05) is 23.1 Å². The molecule has 0 radical (unpaired) electrons. The van der Waals surface area contributed by atoms with Gasteiger partial charge in [-0.2, -0.15) is 0 Å². The fourth-order valence-corrected chi connectivity index (χ4v) is 2.51. The Balaban J connectivity index is 1.70. The van der Waals surface area contributed by atoms with E-state index in [1.54, 1.807) is 6.07 Å². The first-order valence-corrected chi connectivity index (χ1v) is 7.44. The van der Waals surface area contributed by atoms with Gasteiger partial charge in [-0.15, -0.1) is 0 Å². The van der Waals surface area contributed by atoms with Crippen LogP contribution in [0.25, 0.3) is 0 Å². The van der Waals surface area contributed by atoms with E-state index in [-0.39, 0.29) is 11.9 Å². The molecule has 0 aliphatic carbocycles. The maximum absolute atomic E-state index is 12.1. The maximum Gasteiger partial charge on any atom is 0.223 e. The molecule has 1 aliphatic heterocycles. The van der Waals surface area contributed by atoms with Crippen molar-refractivity contribution >= 4 is 17.5 Å². The molecule has 4 nitrogen and oxygen atoms in total. The summed E-state index contributed by atoms with van der Waals surface area (Å²) in [6.45, 7) is 5.14. The van der Waals surface area contributed by atoms with Gasteiger partial charge in [0.2, 0.25) is 5.91 Å². The first-order chi connectivity index (χ1) is 9.68. The van der Waals surface area contributed by atoms with Gasteiger partial charge in [0, 0.05) is 32.1 Å². The van der Waals surface area contributed by atoms with Crippen molar-refractivity contribution in [2.24, 2.45) is 0 Å². The Morgan fingerprint density at radius 2 is 2.30 bits per heavy atom. The molecular formula is C15H21ClN2O2. The second-order valence-corrected chi connectivity index (χ2v) is 5.43. The number of carbonyl (C=O) groups excluding carboxylic acids is 1. The van der Waals surface area contributed by atoms with Crippen molar-refractivity contribution in [1.29, 1.82) is 0 Å². The minimum Gasteiger partial charge on any atom is -0.492 e. The number of hydrogen-bond donors (Lipinski definition) is 1. The number of piperazine rings is 1. The van der Waals surface area contributed by atoms with Gasteiger partial charge in [-0.3, -0.25) is 4.79 Å². The minimum atomic E-state index is 0.210. The fourth-order valence-electron chi connectivity index (χ4n) is 2.32. The van der Waals surface area contributed by atoms with Gasteiger partial charge in [-0.05, 0) is 25.5 Å². The highest BCUT2D eigenvalue weighted by Gasteiger charge is 2.22. The predicted octanol–water partition coefficient (Wildman–Crippen LogP) is 2.32. The highest BCUT2D eigenvalue weighted by Crippen LogP contribution is 2.23. The molecule has 0 saturated carbocycles. The van der Waals surface area contributed by atoms with E-state index < -0.39 is 0 Å². The molecule has 1 N–H and O–H groups in total. The number of ether oxygens (including phenoxy) is 1. The van der Waals surface area contributed by atoms with Gasteiger partial charge in [-0.25, -0.2) is 0 Å². The summed E-state index contributed by atoms with van der Waals surface area (Å²) in [7, 11) is 0. The number of benzene rings is 1. The third-order valence-electron chi connectivity index (χ3n) is 3.45. The Bertz CT molecular complexity index is 453. The highest BCUT2D eigenvalue weighted by atomic mass is 35.5. The van der Waals surface area contributed by atoms with Gasteiger partial charge in [0.1, 0.15) is 5.75 Å². The highest BCUT2D eigenvalue weighted by molar-refractivity contribution is 6.32. The van der Waals surface area contributed by atoms with Crippen LogP contribution in [0.4, 0.5) is 0 Å². The molecule has 1 unspecified atom stereocenters. The molecule has 5 heteroatoms. The van der Waals surface area contributed by atoms with Crippen LogP contribution in [0.5, 0.6) is 5.75 Å². The molecule has 1 atom stereocenters. The monoisotopic (exact) mass is 296 g/mol. The van der Waals surface area contributed by atoms with Crippen molar-refractivity contribution in [1.82, 2.24) is 10.2 Å². The zero-order valence-corrected chi connectivity index (χ0v) is 12.5. The average molecular weight is 297 g/mol. The molecule has 1 aromatic rings. The third-order valence-corrected chi connectivity index (χ3v) is 3.76. The standard InChI is InChI=1S/C15H21ClN2O2/c1-12-11-17-8-9-18(12)15(19)7-4-10-20-14-6-3-2-5-13(14)16/h2-3,5-6,12,17H,4,7-11H2,1H3. The van der Waals surface area contributed by atoms with Crippen LogP contribution in [0, 0.1) is 0 Å². The Kier molecular flexibility index (Phi) is 5.68. The van der Waals surface area contributed by atoms with Gasteiger partial charge in [0.15, 0.2) is 0 Å². The molecule has 0 spiro atoms. The lowest BCUT2D eigenvalue weighted by atomic mass is 10.2. The number of rotatable bonds is 5. The Labute approximate surface area is 125 Å². The number of carbonyl (C=O) groups is 1. The van der Waals surface area contributed by atoms with Crippen LogP contribution in [0.3, 0.4) is 0 Å². The van der Waals surface area contributed by atoms with E-state index in [1.165, 1.54) is 0 Å². The smallest absolute Gasteiger partial charge is 0.223 e. The first-order valence-electron chi connectivity index (χ1n) is 7.06. The summed E-state index contributed by atoms with van der Waals surface area (Å²) >= 11 is 6.00. The average Bonchev–Trinajstić information content (AvgIpc) is 2.45. The SMILES string of the molecule is CC1CNCCN1C(=O)CCCOc1ccccc1Cl. The van der Waals surface area contributed by atoms with Crippen molar-refractivity contribution in [2.45, 2.75) is 25.8 Å². The van der Waals surface area contributed by atoms with Gasteiger partial charge < -0.3 is 15.0 Å². The van der Waals surface area contributed by atoms with Gasteiger partial charge in [-0.1, -0.05) is 23.7 Å². The van der Waals surface area contributed by atoms with Crippen LogP contribution in [0.2, 0.25) is 5.02 Å². The molecule has 0 aromatic heterocycles. The summed E-state index contributed by atoms with van der Waals surface area (Å²) in [5, 5.41) is 3.89. The summed E-state index contributed by atoms with van der Waals surface area (Å²) in [4.78, 5) is 14.1. The summed E-state index contributed by atoms with van der Waals surface area (Å²) in [5.41, 5.74) is 0. The molecule has 1 heterocycles. The molecule has 110 valence electrons. The lowest BCUT2D eigenvalue weighted by molar-refractivity contribution is -0.134. The summed E-state index contributed by atoms with van der Waals surface area (Å²) < 4.78 is 5.59. The molecule has 1 aromatic carbocycles. The van der Waals surface area contributed by atoms with Gasteiger partial charge >= 0.3 is 0 Å². The summed E-state index contributed by atoms with van der Waals surface area (Å²) in [6, 6.07) is 7.66. The van der Waals surface area contributed by atoms with Crippen LogP contribution >= 0.6 is 11.6 Å². The van der Waals surface area contributed by atoms with Crippen LogP contribution in [-0.4, -0.2) is 43.1 Å². The van der Waals surface area contributed by atoms with Crippen molar-refractivity contribution in [3.63, 3.8) is 0 Å². The molecule has 20 heavy (non-hydrogen) atoms. The quantitative estimate of drug-likeness (QED) is 0.848. The minimum absolute atomic E-state index is 0.210. The summed E-state index contributed by atoms with van der Waals surface area (Å²) in [6.07, 6.45) is 1.23. The van der Waals surface area contributed by atoms with E-state index in [9.17, 15) is 4.79 Å². The van der Waals surface area contributed by atoms with Crippen LogP contribution in [0.15, 0.2) is 24.3 Å². The second-order valence-electron chi connectivity index (χ2n) is 5.02. The molecule has 0 bridgehead atoms. The zero-order valence-electron chi connectivity index (χ0n) is 11.8. The summed E-state index contributed by atoms with van der Waals surface area (Å²) in [5.74, 6) is 0.888. The second kappa shape index (κ2) is 7.50. The van der Waals surface area contributed by atoms with Crippen LogP contribution in [0.1, 0.15) is 19.8 Å². The topological polar surface area (TPSA) is 41.6 Å². The largest absolute Gasteiger partial charge is 0.492 e. The van der Waals surface area contributed by atoms with Crippen molar-refractivity contribution in [3.05, 3.63) is 29.3 Å². The van der Waals surface area contributed by atoms with Gasteiger partial charge in [0.25, 0.3) is 0 Å². The van der Waals surface area contributed by atoms with E-state index in [4.69, 9.17) is 16.3 Å². The van der Waals surface area contributed by atoms with Crippen LogP contribution in [-0.2, 0) is 4.79 Å². The van der Waals surface area contributed by atoms with Crippen LogP contribution < -0.4 is 10.1 Å². The number of para-hydroxylation sites is 1. The Morgan fingerprint density at radius 1 is 1.50 bits per heavy atom. The first kappa shape index (κ1) is 15.1. The lowest BCUT2D eigenvalue weighted by Crippen LogP contribution is -2.52. The predicted molar refractivity (Wildman–Crippen MR) is 80.2 cm³/mol. The van der Waals surface area contributed by atoms with Crippen molar-refractivity contribution in [3.8, 4) is 5.75 Å². The Hall–Kier alpha value is -1.26. The van der Waals surface area contributed by atoms with E-state index in [2.05, 4.69) is 12.2 Å².